The van der Waals surface area contributed by atoms with Crippen LogP contribution >= 0.6 is 0 Å². The molecular formula is C11H8F3N3O4. The lowest BCUT2D eigenvalue weighted by Crippen LogP contribution is -2.30. The number of aliphatic hydroxyl groups is 1. The first-order chi connectivity index (χ1) is 9.77. The highest BCUT2D eigenvalue weighted by Crippen LogP contribution is 2.24. The van der Waals surface area contributed by atoms with Crippen molar-refractivity contribution in [3.63, 3.8) is 0 Å². The zero-order valence-electron chi connectivity index (χ0n) is 10.2. The highest BCUT2D eigenvalue weighted by atomic mass is 19.4. The number of non-ortho nitro benzene ring substituents is 1. The molecule has 0 saturated carbocycles. The number of hydrogen-bond acceptors (Lipinski definition) is 6. The molecule has 112 valence electrons. The van der Waals surface area contributed by atoms with Gasteiger partial charge in [-0.15, -0.1) is 0 Å². The van der Waals surface area contributed by atoms with Gasteiger partial charge in [-0.05, 0) is 0 Å². The maximum Gasteiger partial charge on any atom is 0.414 e. The van der Waals surface area contributed by atoms with E-state index in [4.69, 9.17) is 5.11 Å². The molecule has 0 bridgehead atoms. The smallest absolute Gasteiger partial charge is 0.383 e. The minimum atomic E-state index is -4.79. The van der Waals surface area contributed by atoms with E-state index in [2.05, 4.69) is 14.7 Å². The number of halogens is 3. The van der Waals surface area contributed by atoms with Crippen molar-refractivity contribution in [2.75, 3.05) is 0 Å². The number of nitro benzene ring substituents is 1. The van der Waals surface area contributed by atoms with Gasteiger partial charge in [0.05, 0.1) is 11.3 Å². The molecule has 10 heteroatoms. The van der Waals surface area contributed by atoms with Gasteiger partial charge in [0.2, 0.25) is 11.7 Å². The van der Waals surface area contributed by atoms with Crippen molar-refractivity contribution in [3.05, 3.63) is 40.3 Å². The summed E-state index contributed by atoms with van der Waals surface area (Å²) < 4.78 is 41.2. The molecule has 0 spiro atoms. The normalized spacial score (nSPS) is 13.1. The number of aromatic nitrogens is 2. The van der Waals surface area contributed by atoms with Crippen LogP contribution in [0.25, 0.3) is 11.4 Å². The molecule has 0 aliphatic rings. The van der Waals surface area contributed by atoms with Gasteiger partial charge in [0.25, 0.3) is 5.69 Å². The van der Waals surface area contributed by atoms with E-state index in [0.29, 0.717) is 0 Å². The summed E-state index contributed by atoms with van der Waals surface area (Å²) in [5.41, 5.74) is 0.00914. The molecule has 0 fully saturated rings. The first-order valence-electron chi connectivity index (χ1n) is 5.59. The van der Waals surface area contributed by atoms with Crippen LogP contribution in [0, 0.1) is 10.1 Å². The molecule has 1 aromatic carbocycles. The molecule has 1 atom stereocenters. The monoisotopic (exact) mass is 303 g/mol. The average Bonchev–Trinajstić information content (AvgIpc) is 2.86. The van der Waals surface area contributed by atoms with Crippen LogP contribution in [0.2, 0.25) is 0 Å². The van der Waals surface area contributed by atoms with Crippen LogP contribution in [-0.4, -0.2) is 32.5 Å². The van der Waals surface area contributed by atoms with E-state index in [1.54, 1.807) is 0 Å². The number of hydrogen-bond donors (Lipinski definition) is 1. The van der Waals surface area contributed by atoms with E-state index in [9.17, 15) is 23.3 Å². The van der Waals surface area contributed by atoms with Crippen molar-refractivity contribution in [1.82, 2.24) is 10.1 Å². The molecule has 0 saturated heterocycles. The van der Waals surface area contributed by atoms with Crippen molar-refractivity contribution in [1.29, 1.82) is 0 Å². The highest BCUT2D eigenvalue weighted by Gasteiger charge is 2.39. The SMILES string of the molecule is O=[N+]([O-])c1cccc(-c2noc(CC(O)C(F)(F)F)n2)c1. The lowest BCUT2D eigenvalue weighted by Gasteiger charge is -2.11. The number of nitrogens with zero attached hydrogens (tertiary/aromatic N) is 3. The summed E-state index contributed by atoms with van der Waals surface area (Å²) in [6.07, 6.45) is -8.29. The maximum absolute atomic E-state index is 12.2. The topological polar surface area (TPSA) is 102 Å². The molecular weight excluding hydrogens is 295 g/mol. The predicted molar refractivity (Wildman–Crippen MR) is 62.2 cm³/mol. The molecule has 2 aromatic rings. The Labute approximate surface area is 115 Å². The van der Waals surface area contributed by atoms with E-state index >= 15 is 0 Å². The van der Waals surface area contributed by atoms with Gasteiger partial charge < -0.3 is 9.63 Å². The lowest BCUT2D eigenvalue weighted by atomic mass is 10.2. The summed E-state index contributed by atoms with van der Waals surface area (Å²) in [5.74, 6) is -0.510. The Hall–Kier alpha value is -2.49. The van der Waals surface area contributed by atoms with Crippen molar-refractivity contribution >= 4 is 5.69 Å². The predicted octanol–water partition coefficient (Wildman–Crippen LogP) is 2.11. The molecule has 1 aromatic heterocycles. The maximum atomic E-state index is 12.2. The van der Waals surface area contributed by atoms with E-state index in [1.165, 1.54) is 18.2 Å². The second-order valence-electron chi connectivity index (χ2n) is 4.08. The van der Waals surface area contributed by atoms with Crippen LogP contribution < -0.4 is 0 Å². The third kappa shape index (κ3) is 3.54. The van der Waals surface area contributed by atoms with E-state index in [0.717, 1.165) is 6.07 Å². The van der Waals surface area contributed by atoms with Crippen molar-refractivity contribution in [2.45, 2.75) is 18.7 Å². The molecule has 21 heavy (non-hydrogen) atoms. The summed E-state index contributed by atoms with van der Waals surface area (Å²) in [6.45, 7) is 0. The van der Waals surface area contributed by atoms with E-state index in [1.807, 2.05) is 0 Å². The van der Waals surface area contributed by atoms with E-state index in [-0.39, 0.29) is 17.1 Å². The highest BCUT2D eigenvalue weighted by molar-refractivity contribution is 5.58. The quantitative estimate of drug-likeness (QED) is 0.685. The van der Waals surface area contributed by atoms with Crippen LogP contribution in [0.1, 0.15) is 5.89 Å². The van der Waals surface area contributed by atoms with Crippen LogP contribution in [0.3, 0.4) is 0 Å². The van der Waals surface area contributed by atoms with Crippen molar-refractivity contribution in [2.24, 2.45) is 0 Å². The molecule has 0 aliphatic carbocycles. The minimum absolute atomic E-state index is 0.0944. The third-order valence-corrected chi connectivity index (χ3v) is 2.53. The Kier molecular flexibility index (Phi) is 3.89. The molecule has 1 heterocycles. The van der Waals surface area contributed by atoms with Crippen LogP contribution in [0.15, 0.2) is 28.8 Å². The van der Waals surface area contributed by atoms with Crippen LogP contribution in [0.4, 0.5) is 18.9 Å². The fraction of sp³-hybridized carbons (Fsp3) is 0.273. The number of aliphatic hydroxyl groups excluding tert-OH is 1. The first kappa shape index (κ1) is 14.9. The van der Waals surface area contributed by atoms with Crippen LogP contribution in [0.5, 0.6) is 0 Å². The summed E-state index contributed by atoms with van der Waals surface area (Å²) in [6, 6.07) is 5.24. The van der Waals surface area contributed by atoms with Crippen molar-refractivity contribution in [3.8, 4) is 11.4 Å². The van der Waals surface area contributed by atoms with Crippen molar-refractivity contribution < 1.29 is 27.7 Å². The number of nitro groups is 1. The van der Waals surface area contributed by atoms with E-state index < -0.39 is 29.5 Å². The number of rotatable bonds is 4. The summed E-state index contributed by atoms with van der Waals surface area (Å²) in [5, 5.41) is 23.0. The fourth-order valence-corrected chi connectivity index (χ4v) is 1.49. The first-order valence-corrected chi connectivity index (χ1v) is 5.59. The Morgan fingerprint density at radius 3 is 2.76 bits per heavy atom. The molecule has 0 radical (unpaired) electrons. The Balaban J connectivity index is 2.20. The minimum Gasteiger partial charge on any atom is -0.383 e. The number of benzene rings is 1. The largest absolute Gasteiger partial charge is 0.414 e. The molecule has 1 unspecified atom stereocenters. The molecule has 1 N–H and O–H groups in total. The summed E-state index contributed by atoms with van der Waals surface area (Å²) in [4.78, 5) is 13.7. The second-order valence-corrected chi connectivity index (χ2v) is 4.08. The zero-order valence-corrected chi connectivity index (χ0v) is 10.2. The standard InChI is InChI=1S/C11H8F3N3O4/c12-11(13,14)8(18)5-9-15-10(16-21-9)6-2-1-3-7(4-6)17(19)20/h1-4,8,18H,5H2. The molecule has 7 nitrogen and oxygen atoms in total. The molecule has 2 rings (SSSR count). The Bertz CT molecular complexity index is 656. The van der Waals surface area contributed by atoms with Gasteiger partial charge in [-0.1, -0.05) is 17.3 Å². The lowest BCUT2D eigenvalue weighted by molar-refractivity contribution is -0.384. The van der Waals surface area contributed by atoms with Crippen LogP contribution in [-0.2, 0) is 6.42 Å². The van der Waals surface area contributed by atoms with Gasteiger partial charge in [0.15, 0.2) is 6.10 Å². The third-order valence-electron chi connectivity index (χ3n) is 2.53. The van der Waals surface area contributed by atoms with Gasteiger partial charge in [-0.3, -0.25) is 10.1 Å². The average molecular weight is 303 g/mol. The second kappa shape index (κ2) is 5.48. The molecule has 0 amide bonds. The summed E-state index contributed by atoms with van der Waals surface area (Å²) >= 11 is 0. The Morgan fingerprint density at radius 2 is 2.14 bits per heavy atom. The van der Waals surface area contributed by atoms with Gasteiger partial charge in [-0.25, -0.2) is 0 Å². The van der Waals surface area contributed by atoms with Gasteiger partial charge in [0, 0.05) is 17.7 Å². The number of alkyl halides is 3. The Morgan fingerprint density at radius 1 is 1.43 bits per heavy atom. The fourth-order valence-electron chi connectivity index (χ4n) is 1.49. The van der Waals surface area contributed by atoms with Gasteiger partial charge in [0.1, 0.15) is 0 Å². The summed E-state index contributed by atoms with van der Waals surface area (Å²) in [7, 11) is 0. The zero-order chi connectivity index (χ0) is 15.6. The van der Waals surface area contributed by atoms with Gasteiger partial charge >= 0.3 is 6.18 Å². The van der Waals surface area contributed by atoms with Gasteiger partial charge in [-0.2, -0.15) is 18.2 Å². The molecule has 0 aliphatic heterocycles.